The van der Waals surface area contributed by atoms with Crippen LogP contribution in [0, 0.1) is 5.41 Å². The molecular formula is C31H40N8. The first-order chi connectivity index (χ1) is 18.7. The summed E-state index contributed by atoms with van der Waals surface area (Å²) in [5.74, 6) is 1.80. The van der Waals surface area contributed by atoms with Crippen molar-refractivity contribution in [3.05, 3.63) is 60.4 Å². The third kappa shape index (κ3) is 5.17. The Morgan fingerprint density at radius 1 is 0.897 bits per heavy atom. The maximum absolute atomic E-state index is 6.03. The standard InChI is InChI=1S/C31H40N8/c1-30(2,3)25-20-22-21-33-29(36-28(22)39(25)27-7-5-6-26(32)35-27)34-23-8-10-24(11-9-23)38-18-14-31(15-19-38)12-16-37(4)17-13-31/h5-11,20-21H,12-19H2,1-4H3,(H2,32,35)(H,33,34,36). The minimum Gasteiger partial charge on any atom is -0.384 e. The van der Waals surface area contributed by atoms with E-state index in [0.29, 0.717) is 17.2 Å². The van der Waals surface area contributed by atoms with Crippen LogP contribution < -0.4 is 16.0 Å². The highest BCUT2D eigenvalue weighted by atomic mass is 15.2. The summed E-state index contributed by atoms with van der Waals surface area (Å²) in [6.07, 6.45) is 7.17. The van der Waals surface area contributed by atoms with Crippen LogP contribution in [0.3, 0.4) is 0 Å². The molecule has 1 spiro atoms. The molecule has 5 heterocycles. The van der Waals surface area contributed by atoms with E-state index < -0.39 is 0 Å². The average molecular weight is 525 g/mol. The van der Waals surface area contributed by atoms with E-state index in [4.69, 9.17) is 10.7 Å². The van der Waals surface area contributed by atoms with Crippen LogP contribution in [0.25, 0.3) is 16.9 Å². The van der Waals surface area contributed by atoms with Crippen molar-refractivity contribution in [3.63, 3.8) is 0 Å². The van der Waals surface area contributed by atoms with Gasteiger partial charge in [-0.15, -0.1) is 0 Å². The van der Waals surface area contributed by atoms with Gasteiger partial charge in [0.2, 0.25) is 5.95 Å². The summed E-state index contributed by atoms with van der Waals surface area (Å²) in [7, 11) is 2.25. The van der Waals surface area contributed by atoms with E-state index in [1.165, 1.54) is 44.5 Å². The zero-order valence-electron chi connectivity index (χ0n) is 23.6. The van der Waals surface area contributed by atoms with E-state index >= 15 is 0 Å². The number of hydrogen-bond acceptors (Lipinski definition) is 7. The molecule has 4 aromatic rings. The molecule has 0 amide bonds. The second-order valence-electron chi connectivity index (χ2n) is 12.5. The fourth-order valence-electron chi connectivity index (χ4n) is 6.11. The number of nitrogen functional groups attached to an aromatic ring is 1. The van der Waals surface area contributed by atoms with E-state index in [1.54, 1.807) is 6.07 Å². The van der Waals surface area contributed by atoms with Gasteiger partial charge in [0.25, 0.3) is 0 Å². The van der Waals surface area contributed by atoms with Gasteiger partial charge >= 0.3 is 0 Å². The highest BCUT2D eigenvalue weighted by Crippen LogP contribution is 2.42. The number of fused-ring (bicyclic) bond motifs is 1. The summed E-state index contributed by atoms with van der Waals surface area (Å²) in [6, 6.07) is 16.5. The zero-order valence-corrected chi connectivity index (χ0v) is 23.6. The Kier molecular flexibility index (Phi) is 6.46. The number of likely N-dealkylation sites (tertiary alicyclic amines) is 1. The summed E-state index contributed by atoms with van der Waals surface area (Å²) >= 11 is 0. The number of nitrogens with two attached hydrogens (primary N) is 1. The molecule has 3 N–H and O–H groups in total. The van der Waals surface area contributed by atoms with Gasteiger partial charge in [0.15, 0.2) is 5.65 Å². The lowest BCUT2D eigenvalue weighted by Gasteiger charge is -2.46. The normalized spacial score (nSPS) is 18.1. The van der Waals surface area contributed by atoms with Crippen LogP contribution in [0.4, 0.5) is 23.1 Å². The molecule has 0 saturated carbocycles. The summed E-state index contributed by atoms with van der Waals surface area (Å²) in [6.45, 7) is 11.3. The number of nitrogens with one attached hydrogen (secondary N) is 1. The lowest BCUT2D eigenvalue weighted by atomic mass is 9.71. The van der Waals surface area contributed by atoms with E-state index in [1.807, 2.05) is 18.3 Å². The lowest BCUT2D eigenvalue weighted by molar-refractivity contribution is 0.0945. The van der Waals surface area contributed by atoms with E-state index in [9.17, 15) is 0 Å². The number of rotatable bonds is 4. The monoisotopic (exact) mass is 524 g/mol. The van der Waals surface area contributed by atoms with Crippen molar-refractivity contribution in [1.82, 2.24) is 24.4 Å². The maximum Gasteiger partial charge on any atom is 0.229 e. The highest BCUT2D eigenvalue weighted by Gasteiger charge is 2.36. The summed E-state index contributed by atoms with van der Waals surface area (Å²) in [5.41, 5.74) is 10.7. The van der Waals surface area contributed by atoms with E-state index in [2.05, 4.69) is 87.8 Å². The Labute approximate surface area is 231 Å². The third-order valence-electron chi connectivity index (χ3n) is 8.65. The van der Waals surface area contributed by atoms with Crippen molar-refractivity contribution < 1.29 is 0 Å². The summed E-state index contributed by atoms with van der Waals surface area (Å²) in [5, 5.41) is 4.38. The maximum atomic E-state index is 6.03. The minimum absolute atomic E-state index is 0.113. The topological polar surface area (TPSA) is 88.1 Å². The van der Waals surface area contributed by atoms with E-state index in [-0.39, 0.29) is 5.41 Å². The van der Waals surface area contributed by atoms with Crippen LogP contribution in [0.15, 0.2) is 54.7 Å². The molecule has 2 aliphatic heterocycles. The SMILES string of the molecule is CN1CCC2(CC1)CCN(c1ccc(Nc3ncc4cc(C(C)(C)C)n(-c5cccc(N)n5)c4n3)cc1)CC2. The highest BCUT2D eigenvalue weighted by molar-refractivity contribution is 5.80. The fraction of sp³-hybridized carbons (Fsp3) is 0.452. The van der Waals surface area contributed by atoms with Crippen LogP contribution in [-0.2, 0) is 5.41 Å². The van der Waals surface area contributed by atoms with Gasteiger partial charge in [-0.3, -0.25) is 4.57 Å². The van der Waals surface area contributed by atoms with Crippen LogP contribution in [0.2, 0.25) is 0 Å². The molecule has 8 nitrogen and oxygen atoms in total. The quantitative estimate of drug-likeness (QED) is 0.351. The van der Waals surface area contributed by atoms with Crippen molar-refractivity contribution in [3.8, 4) is 5.82 Å². The molecule has 3 aromatic heterocycles. The largest absolute Gasteiger partial charge is 0.384 e. The molecule has 0 bridgehead atoms. The molecule has 204 valence electrons. The second kappa shape index (κ2) is 9.83. The number of benzene rings is 1. The Hall–Kier alpha value is -3.65. The number of pyridine rings is 1. The Balaban J connectivity index is 1.21. The summed E-state index contributed by atoms with van der Waals surface area (Å²) in [4.78, 5) is 19.1. The molecule has 6 rings (SSSR count). The van der Waals surface area contributed by atoms with Crippen molar-refractivity contribution >= 4 is 34.2 Å². The number of nitrogens with zero attached hydrogens (tertiary/aromatic N) is 6. The summed E-state index contributed by atoms with van der Waals surface area (Å²) < 4.78 is 2.09. The molecule has 2 saturated heterocycles. The Bertz CT molecular complexity index is 1450. The Morgan fingerprint density at radius 2 is 1.59 bits per heavy atom. The predicted molar refractivity (Wildman–Crippen MR) is 160 cm³/mol. The van der Waals surface area contributed by atoms with Crippen molar-refractivity contribution in [2.24, 2.45) is 5.41 Å². The number of aromatic nitrogens is 4. The van der Waals surface area contributed by atoms with Gasteiger partial charge in [0.05, 0.1) is 0 Å². The van der Waals surface area contributed by atoms with Gasteiger partial charge in [0, 0.05) is 47.2 Å². The second-order valence-corrected chi connectivity index (χ2v) is 12.5. The van der Waals surface area contributed by atoms with Crippen LogP contribution in [-0.4, -0.2) is 57.6 Å². The van der Waals surface area contributed by atoms with Gasteiger partial charge in [-0.2, -0.15) is 4.98 Å². The molecule has 39 heavy (non-hydrogen) atoms. The number of piperidine rings is 2. The van der Waals surface area contributed by atoms with Gasteiger partial charge in [-0.25, -0.2) is 9.97 Å². The van der Waals surface area contributed by atoms with Crippen LogP contribution >= 0.6 is 0 Å². The van der Waals surface area contributed by atoms with Crippen LogP contribution in [0.1, 0.15) is 52.1 Å². The Morgan fingerprint density at radius 3 is 2.26 bits per heavy atom. The van der Waals surface area contributed by atoms with Crippen molar-refractivity contribution in [2.45, 2.75) is 51.9 Å². The van der Waals surface area contributed by atoms with Gasteiger partial charge < -0.3 is 20.9 Å². The smallest absolute Gasteiger partial charge is 0.229 e. The van der Waals surface area contributed by atoms with Crippen LogP contribution in [0.5, 0.6) is 0 Å². The first-order valence-corrected chi connectivity index (χ1v) is 14.1. The fourth-order valence-corrected chi connectivity index (χ4v) is 6.11. The zero-order chi connectivity index (χ0) is 27.2. The average Bonchev–Trinajstić information content (AvgIpc) is 3.31. The molecule has 0 radical (unpaired) electrons. The predicted octanol–water partition coefficient (Wildman–Crippen LogP) is 5.75. The molecule has 8 heteroatoms. The van der Waals surface area contributed by atoms with Crippen molar-refractivity contribution in [1.29, 1.82) is 0 Å². The number of hydrogen-bond donors (Lipinski definition) is 2. The first kappa shape index (κ1) is 25.6. The van der Waals surface area contributed by atoms with Crippen molar-refractivity contribution in [2.75, 3.05) is 49.2 Å². The van der Waals surface area contributed by atoms with Gasteiger partial charge in [-0.1, -0.05) is 26.8 Å². The molecular weight excluding hydrogens is 484 g/mol. The van der Waals surface area contributed by atoms with Gasteiger partial charge in [0.1, 0.15) is 11.6 Å². The molecule has 0 unspecified atom stereocenters. The molecule has 1 aromatic carbocycles. The van der Waals surface area contributed by atoms with E-state index in [0.717, 1.165) is 41.3 Å². The molecule has 0 aliphatic carbocycles. The minimum atomic E-state index is -0.113. The molecule has 2 aliphatic rings. The number of anilines is 4. The lowest BCUT2D eigenvalue weighted by Crippen LogP contribution is -2.46. The molecule has 0 atom stereocenters. The molecule has 2 fully saturated rings. The third-order valence-corrected chi connectivity index (χ3v) is 8.65. The van der Waals surface area contributed by atoms with Gasteiger partial charge in [-0.05, 0) is 93.7 Å². The first-order valence-electron chi connectivity index (χ1n) is 14.1.